The molecule has 3 aromatic rings. The van der Waals surface area contributed by atoms with E-state index in [1.165, 1.54) is 19.0 Å². The van der Waals surface area contributed by atoms with Gasteiger partial charge < -0.3 is 20.5 Å². The third kappa shape index (κ3) is 5.89. The third-order valence-corrected chi connectivity index (χ3v) is 7.27. The highest BCUT2D eigenvalue weighted by Gasteiger charge is 2.28. The minimum Gasteiger partial charge on any atom is -0.337 e. The van der Waals surface area contributed by atoms with Gasteiger partial charge in [-0.3, -0.25) is 4.68 Å². The van der Waals surface area contributed by atoms with Crippen molar-refractivity contribution in [2.45, 2.75) is 45.7 Å². The maximum absolute atomic E-state index is 14.9. The zero-order chi connectivity index (χ0) is 27.7. The monoisotopic (exact) mass is 540 g/mol. The van der Waals surface area contributed by atoms with Crippen LogP contribution in [0.25, 0.3) is 11.3 Å². The molecule has 2 aromatic heterocycles. The van der Waals surface area contributed by atoms with Gasteiger partial charge in [-0.2, -0.15) is 5.10 Å². The van der Waals surface area contributed by atoms with E-state index in [1.54, 1.807) is 4.90 Å². The summed E-state index contributed by atoms with van der Waals surface area (Å²) in [5, 5.41) is 14.8. The fraction of sp³-hybridized carbons (Fsp3) is 0.444. The Hall–Kier alpha value is -3.96. The van der Waals surface area contributed by atoms with E-state index in [0.29, 0.717) is 43.6 Å². The fourth-order valence-electron chi connectivity index (χ4n) is 4.97. The molecule has 1 aliphatic carbocycles. The molecular formula is C27H31F3N8O. The number of piperazine rings is 1. The Labute approximate surface area is 224 Å². The second kappa shape index (κ2) is 11.0. The molecule has 0 radical (unpaired) electrons. The summed E-state index contributed by atoms with van der Waals surface area (Å²) in [7, 11) is 0. The summed E-state index contributed by atoms with van der Waals surface area (Å²) in [5.74, 6) is -1.01. The lowest BCUT2D eigenvalue weighted by Gasteiger charge is -2.35. The molecule has 0 spiro atoms. The van der Waals surface area contributed by atoms with Crippen molar-refractivity contribution < 1.29 is 18.0 Å². The van der Waals surface area contributed by atoms with Crippen molar-refractivity contribution in [2.75, 3.05) is 31.1 Å². The summed E-state index contributed by atoms with van der Waals surface area (Å²) in [6.45, 7) is 6.13. The van der Waals surface area contributed by atoms with Gasteiger partial charge in [0.15, 0.2) is 5.82 Å². The smallest absolute Gasteiger partial charge is 0.318 e. The first kappa shape index (κ1) is 26.6. The number of nitrogens with zero attached hydrogens (tertiary/aromatic N) is 6. The Morgan fingerprint density at radius 1 is 1.13 bits per heavy atom. The summed E-state index contributed by atoms with van der Waals surface area (Å²) in [6, 6.07) is 1.92. The summed E-state index contributed by atoms with van der Waals surface area (Å²) in [5.41, 5.74) is 2.74. The van der Waals surface area contributed by atoms with Crippen molar-refractivity contribution >= 4 is 18.2 Å². The van der Waals surface area contributed by atoms with Crippen molar-refractivity contribution in [2.24, 2.45) is 5.92 Å². The molecule has 0 unspecified atom stereocenters. The molecule has 1 saturated heterocycles. The normalized spacial score (nSPS) is 16.3. The number of nitrogens with one attached hydrogen (secondary N) is 2. The van der Waals surface area contributed by atoms with Crippen LogP contribution in [0.5, 0.6) is 0 Å². The third-order valence-electron chi connectivity index (χ3n) is 7.27. The minimum atomic E-state index is -0.748. The Morgan fingerprint density at radius 3 is 2.46 bits per heavy atom. The van der Waals surface area contributed by atoms with Gasteiger partial charge in [0.2, 0.25) is 5.95 Å². The van der Waals surface area contributed by atoms with Gasteiger partial charge in [-0.1, -0.05) is 0 Å². The molecule has 9 nitrogen and oxygen atoms in total. The number of carbonyl (C=O) groups is 1. The zero-order valence-corrected chi connectivity index (χ0v) is 21.9. The van der Waals surface area contributed by atoms with Gasteiger partial charge in [-0.05, 0) is 56.5 Å². The molecule has 0 bridgehead atoms. The van der Waals surface area contributed by atoms with Crippen LogP contribution in [-0.4, -0.2) is 63.1 Å². The van der Waals surface area contributed by atoms with Gasteiger partial charge in [0.1, 0.15) is 17.3 Å². The van der Waals surface area contributed by atoms with Gasteiger partial charge in [0.05, 0.1) is 17.9 Å². The highest BCUT2D eigenvalue weighted by molar-refractivity contribution is 5.75. The van der Waals surface area contributed by atoms with Crippen LogP contribution >= 0.6 is 0 Å². The predicted molar refractivity (Wildman–Crippen MR) is 140 cm³/mol. The average molecular weight is 541 g/mol. The standard InChI is InChI=1S/C27H31F3N8O/c1-16-24(17(2)38(35-16)15-18-3-4-18)25-22(30)14-32-26(34-25)36-7-9-37(10-8-36)27(39)33-23(5-6-31)19-11-20(28)13-21(29)12-19/h6,11-14,18,23,31H,3-5,7-10,15H2,1-2H3,(H,33,39)/t23-/m0/s1. The van der Waals surface area contributed by atoms with Crippen molar-refractivity contribution in [3.8, 4) is 11.3 Å². The van der Waals surface area contributed by atoms with E-state index >= 15 is 0 Å². The van der Waals surface area contributed by atoms with E-state index < -0.39 is 29.5 Å². The van der Waals surface area contributed by atoms with Crippen LogP contribution in [0.3, 0.4) is 0 Å². The second-order valence-electron chi connectivity index (χ2n) is 10.2. The number of hydrogen-bond acceptors (Lipinski definition) is 6. The molecule has 12 heteroatoms. The van der Waals surface area contributed by atoms with Gasteiger partial charge in [-0.25, -0.2) is 27.9 Å². The number of urea groups is 1. The Balaban J connectivity index is 1.26. The highest BCUT2D eigenvalue weighted by atomic mass is 19.1. The summed E-state index contributed by atoms with van der Waals surface area (Å²) in [4.78, 5) is 25.2. The predicted octanol–water partition coefficient (Wildman–Crippen LogP) is 4.40. The van der Waals surface area contributed by atoms with Crippen LogP contribution in [0.4, 0.5) is 23.9 Å². The molecule has 5 rings (SSSR count). The van der Waals surface area contributed by atoms with E-state index in [0.717, 1.165) is 42.3 Å². The van der Waals surface area contributed by atoms with Crippen LogP contribution in [-0.2, 0) is 6.54 Å². The molecule has 39 heavy (non-hydrogen) atoms. The van der Waals surface area contributed by atoms with E-state index in [-0.39, 0.29) is 17.7 Å². The Morgan fingerprint density at radius 2 is 1.82 bits per heavy atom. The van der Waals surface area contributed by atoms with Crippen molar-refractivity contribution in [3.63, 3.8) is 0 Å². The topological polar surface area (TPSA) is 103 Å². The van der Waals surface area contributed by atoms with Crippen LogP contribution < -0.4 is 10.2 Å². The molecule has 2 N–H and O–H groups in total. The number of aryl methyl sites for hydroxylation is 1. The quantitative estimate of drug-likeness (QED) is 0.413. The maximum Gasteiger partial charge on any atom is 0.318 e. The van der Waals surface area contributed by atoms with Gasteiger partial charge in [0, 0.05) is 56.5 Å². The molecule has 1 aliphatic heterocycles. The number of carbonyl (C=O) groups excluding carboxylic acids is 1. The number of rotatable bonds is 8. The van der Waals surface area contributed by atoms with Gasteiger partial charge >= 0.3 is 6.03 Å². The van der Waals surface area contributed by atoms with Crippen LogP contribution in [0.1, 0.15) is 42.3 Å². The van der Waals surface area contributed by atoms with Gasteiger partial charge in [-0.15, -0.1) is 0 Å². The lowest BCUT2D eigenvalue weighted by molar-refractivity contribution is 0.190. The summed E-state index contributed by atoms with van der Waals surface area (Å²) in [6.07, 6.45) is 4.74. The lowest BCUT2D eigenvalue weighted by atomic mass is 10.0. The lowest BCUT2D eigenvalue weighted by Crippen LogP contribution is -2.52. The molecule has 2 fully saturated rings. The SMILES string of the molecule is Cc1nn(CC2CC2)c(C)c1-c1nc(N2CCN(C(=O)N[C@@H](CC=N)c3cc(F)cc(F)c3)CC2)ncc1F. The molecule has 1 saturated carbocycles. The van der Waals surface area contributed by atoms with Crippen LogP contribution in [0.15, 0.2) is 24.4 Å². The molecule has 1 aromatic carbocycles. The summed E-state index contributed by atoms with van der Waals surface area (Å²) >= 11 is 0. The fourth-order valence-corrected chi connectivity index (χ4v) is 4.97. The number of benzene rings is 1. The van der Waals surface area contributed by atoms with Gasteiger partial charge in [0.25, 0.3) is 0 Å². The number of amides is 2. The van der Waals surface area contributed by atoms with E-state index in [1.807, 2.05) is 23.4 Å². The Kier molecular flexibility index (Phi) is 7.53. The molecule has 1 atom stereocenters. The molecule has 206 valence electrons. The van der Waals surface area contributed by atoms with Crippen LogP contribution in [0.2, 0.25) is 0 Å². The molecular weight excluding hydrogens is 509 g/mol. The van der Waals surface area contributed by atoms with E-state index in [2.05, 4.69) is 20.4 Å². The first-order valence-electron chi connectivity index (χ1n) is 13.1. The number of hydrogen-bond donors (Lipinski definition) is 2. The van der Waals surface area contributed by atoms with E-state index in [4.69, 9.17) is 5.41 Å². The van der Waals surface area contributed by atoms with Crippen LogP contribution in [0, 0.1) is 42.6 Å². The zero-order valence-electron chi connectivity index (χ0n) is 21.9. The molecule has 2 aliphatic rings. The van der Waals surface area contributed by atoms with Crippen molar-refractivity contribution in [1.82, 2.24) is 30.0 Å². The average Bonchev–Trinajstić information content (AvgIpc) is 3.68. The largest absolute Gasteiger partial charge is 0.337 e. The van der Waals surface area contributed by atoms with E-state index in [9.17, 15) is 18.0 Å². The summed E-state index contributed by atoms with van der Waals surface area (Å²) < 4.78 is 44.3. The second-order valence-corrected chi connectivity index (χ2v) is 10.2. The number of halogens is 3. The first-order valence-corrected chi connectivity index (χ1v) is 13.1. The van der Waals surface area contributed by atoms with Crippen molar-refractivity contribution in [3.05, 3.63) is 58.8 Å². The Bertz CT molecular complexity index is 1360. The number of anilines is 1. The minimum absolute atomic E-state index is 0.0941. The molecule has 2 amide bonds. The first-order chi connectivity index (χ1) is 18.7. The molecule has 3 heterocycles. The highest BCUT2D eigenvalue weighted by Crippen LogP contribution is 2.34. The van der Waals surface area contributed by atoms with Crippen molar-refractivity contribution in [1.29, 1.82) is 5.41 Å². The number of aromatic nitrogens is 4. The maximum atomic E-state index is 14.9.